The molecule has 1 aliphatic carbocycles. The fraction of sp³-hybridized carbons (Fsp3) is 0.263. The normalized spacial score (nSPS) is 18.4. The highest BCUT2D eigenvalue weighted by molar-refractivity contribution is 6.30. The van der Waals surface area contributed by atoms with Crippen molar-refractivity contribution >= 4 is 34.8 Å². The lowest BCUT2D eigenvalue weighted by Gasteiger charge is -2.09. The highest BCUT2D eigenvalue weighted by atomic mass is 35.5. The first-order chi connectivity index (χ1) is 12.0. The fourth-order valence-electron chi connectivity index (χ4n) is 2.68. The molecule has 2 aromatic rings. The van der Waals surface area contributed by atoms with Gasteiger partial charge in [-0.15, -0.1) is 0 Å². The van der Waals surface area contributed by atoms with Crippen LogP contribution in [0, 0.1) is 18.8 Å². The van der Waals surface area contributed by atoms with Crippen molar-refractivity contribution in [3.63, 3.8) is 0 Å². The first-order valence-corrected chi connectivity index (χ1v) is 8.37. The van der Waals surface area contributed by atoms with E-state index in [1.807, 2.05) is 6.92 Å². The number of carbonyl (C=O) groups is 2. The number of carbonyl (C=O) groups excluding carboxylic acids is 2. The lowest BCUT2D eigenvalue weighted by molar-refractivity contribution is -0.122. The Bertz CT molecular complexity index is 805. The largest absolute Gasteiger partial charge is 0.497 e. The van der Waals surface area contributed by atoms with Crippen LogP contribution in [0.25, 0.3) is 0 Å². The van der Waals surface area contributed by atoms with Crippen LogP contribution >= 0.6 is 11.6 Å². The first-order valence-electron chi connectivity index (χ1n) is 8.00. The molecule has 0 heterocycles. The van der Waals surface area contributed by atoms with Gasteiger partial charge in [0, 0.05) is 16.4 Å². The van der Waals surface area contributed by atoms with Crippen LogP contribution in [0.5, 0.6) is 5.75 Å². The Morgan fingerprint density at radius 3 is 2.28 bits per heavy atom. The molecule has 0 spiro atoms. The minimum atomic E-state index is -0.298. The summed E-state index contributed by atoms with van der Waals surface area (Å²) in [4.78, 5) is 24.6. The molecule has 130 valence electrons. The van der Waals surface area contributed by atoms with Gasteiger partial charge in [-0.3, -0.25) is 9.59 Å². The Balaban J connectivity index is 1.55. The third-order valence-corrected chi connectivity index (χ3v) is 4.50. The number of amides is 2. The summed E-state index contributed by atoms with van der Waals surface area (Å²) in [6, 6.07) is 12.4. The molecule has 2 unspecified atom stereocenters. The number of nitrogens with one attached hydrogen (secondary N) is 2. The minimum absolute atomic E-state index is 0.139. The predicted octanol–water partition coefficient (Wildman–Crippen LogP) is 3.87. The van der Waals surface area contributed by atoms with Gasteiger partial charge in [0.15, 0.2) is 0 Å². The van der Waals surface area contributed by atoms with Gasteiger partial charge in [0.1, 0.15) is 5.75 Å². The summed E-state index contributed by atoms with van der Waals surface area (Å²) < 4.78 is 5.08. The highest BCUT2D eigenvalue weighted by Crippen LogP contribution is 2.40. The van der Waals surface area contributed by atoms with Crippen molar-refractivity contribution in [2.45, 2.75) is 13.3 Å². The molecule has 2 atom stereocenters. The number of rotatable bonds is 5. The number of aryl methyl sites for hydroxylation is 1. The first kappa shape index (κ1) is 17.3. The number of anilines is 2. The maximum atomic E-state index is 12.3. The average molecular weight is 359 g/mol. The highest BCUT2D eigenvalue weighted by Gasteiger charge is 2.48. The van der Waals surface area contributed by atoms with Crippen LogP contribution in [0.3, 0.4) is 0 Å². The second-order valence-electron chi connectivity index (χ2n) is 6.11. The van der Waals surface area contributed by atoms with Gasteiger partial charge in [-0.2, -0.15) is 0 Å². The molecule has 1 fully saturated rings. The second kappa shape index (κ2) is 7.15. The van der Waals surface area contributed by atoms with E-state index in [2.05, 4.69) is 10.6 Å². The van der Waals surface area contributed by atoms with Crippen molar-refractivity contribution in [1.82, 2.24) is 0 Å². The number of methoxy groups -OCH3 is 1. The summed E-state index contributed by atoms with van der Waals surface area (Å²) in [6.45, 7) is 1.88. The molecule has 2 N–H and O–H groups in total. The summed E-state index contributed by atoms with van der Waals surface area (Å²) in [5, 5.41) is 6.32. The van der Waals surface area contributed by atoms with Gasteiger partial charge < -0.3 is 15.4 Å². The van der Waals surface area contributed by atoms with E-state index in [1.165, 1.54) is 0 Å². The topological polar surface area (TPSA) is 67.4 Å². The van der Waals surface area contributed by atoms with E-state index in [4.69, 9.17) is 16.3 Å². The van der Waals surface area contributed by atoms with Gasteiger partial charge in [0.25, 0.3) is 0 Å². The van der Waals surface area contributed by atoms with E-state index in [9.17, 15) is 9.59 Å². The Labute approximate surface area is 151 Å². The van der Waals surface area contributed by atoms with Crippen molar-refractivity contribution in [3.8, 4) is 5.75 Å². The number of halogens is 1. The molecule has 0 bridgehead atoms. The second-order valence-corrected chi connectivity index (χ2v) is 6.55. The summed E-state index contributed by atoms with van der Waals surface area (Å²) >= 11 is 5.92. The van der Waals surface area contributed by atoms with Gasteiger partial charge in [-0.1, -0.05) is 11.6 Å². The van der Waals surface area contributed by atoms with E-state index >= 15 is 0 Å². The van der Waals surface area contributed by atoms with Crippen molar-refractivity contribution in [1.29, 1.82) is 0 Å². The zero-order valence-electron chi connectivity index (χ0n) is 14.0. The van der Waals surface area contributed by atoms with Crippen molar-refractivity contribution < 1.29 is 14.3 Å². The van der Waals surface area contributed by atoms with Crippen LogP contribution in [0.4, 0.5) is 11.4 Å². The van der Waals surface area contributed by atoms with Crippen molar-refractivity contribution in [2.24, 2.45) is 11.8 Å². The summed E-state index contributed by atoms with van der Waals surface area (Å²) in [6.07, 6.45) is 0.556. The van der Waals surface area contributed by atoms with Gasteiger partial charge in [-0.25, -0.2) is 0 Å². The Morgan fingerprint density at radius 2 is 1.68 bits per heavy atom. The molecular weight excluding hydrogens is 340 g/mol. The zero-order chi connectivity index (χ0) is 18.0. The molecule has 1 aliphatic rings. The summed E-state index contributed by atoms with van der Waals surface area (Å²) in [7, 11) is 1.59. The number of benzene rings is 2. The number of hydrogen-bond donors (Lipinski definition) is 2. The number of ether oxygens (including phenoxy) is 1. The molecule has 2 aromatic carbocycles. The third kappa shape index (κ3) is 4.12. The Kier molecular flexibility index (Phi) is 4.95. The Morgan fingerprint density at radius 1 is 1.04 bits per heavy atom. The molecule has 0 radical (unpaired) electrons. The van der Waals surface area contributed by atoms with E-state index in [-0.39, 0.29) is 23.7 Å². The van der Waals surface area contributed by atoms with Crippen molar-refractivity contribution in [2.75, 3.05) is 17.7 Å². The molecule has 3 rings (SSSR count). The van der Waals surface area contributed by atoms with Crippen LogP contribution in [0.1, 0.15) is 12.0 Å². The van der Waals surface area contributed by atoms with Gasteiger partial charge in [0.05, 0.1) is 18.9 Å². The molecule has 2 amide bonds. The van der Waals surface area contributed by atoms with Crippen LogP contribution in [-0.4, -0.2) is 18.9 Å². The lowest BCUT2D eigenvalue weighted by atomic mass is 10.2. The fourth-order valence-corrected chi connectivity index (χ4v) is 2.90. The summed E-state index contributed by atoms with van der Waals surface area (Å²) in [5.74, 6) is -0.151. The Hall–Kier alpha value is -2.53. The quantitative estimate of drug-likeness (QED) is 0.852. The standard InChI is InChI=1S/C19H19ClN2O3/c1-11-9-12(20)3-8-17(11)22-19(24)16-10-15(16)18(23)21-13-4-6-14(25-2)7-5-13/h3-9,15-16H,10H2,1-2H3,(H,21,23)(H,22,24). The molecule has 25 heavy (non-hydrogen) atoms. The molecule has 0 aliphatic heterocycles. The monoisotopic (exact) mass is 358 g/mol. The minimum Gasteiger partial charge on any atom is -0.497 e. The van der Waals surface area contributed by atoms with E-state index in [1.54, 1.807) is 49.6 Å². The van der Waals surface area contributed by atoms with Gasteiger partial charge in [-0.05, 0) is 61.4 Å². The van der Waals surface area contributed by atoms with Crippen molar-refractivity contribution in [3.05, 3.63) is 53.1 Å². The average Bonchev–Trinajstić information content (AvgIpc) is 3.39. The third-order valence-electron chi connectivity index (χ3n) is 4.27. The van der Waals surface area contributed by atoms with Gasteiger partial charge >= 0.3 is 0 Å². The molecule has 5 nitrogen and oxygen atoms in total. The van der Waals surface area contributed by atoms with Gasteiger partial charge in [0.2, 0.25) is 11.8 Å². The lowest BCUT2D eigenvalue weighted by Crippen LogP contribution is -2.20. The maximum absolute atomic E-state index is 12.3. The van der Waals surface area contributed by atoms with E-state index in [0.29, 0.717) is 17.1 Å². The summed E-state index contributed by atoms with van der Waals surface area (Å²) in [5.41, 5.74) is 2.29. The van der Waals surface area contributed by atoms with Crippen LogP contribution in [0.2, 0.25) is 5.02 Å². The molecule has 1 saturated carbocycles. The molecule has 0 aromatic heterocycles. The predicted molar refractivity (Wildman–Crippen MR) is 98.0 cm³/mol. The molecule has 0 saturated heterocycles. The number of hydrogen-bond acceptors (Lipinski definition) is 3. The maximum Gasteiger partial charge on any atom is 0.228 e. The van der Waals surface area contributed by atoms with Crippen LogP contribution < -0.4 is 15.4 Å². The van der Waals surface area contributed by atoms with Crippen LogP contribution in [-0.2, 0) is 9.59 Å². The molecule has 6 heteroatoms. The SMILES string of the molecule is COc1ccc(NC(=O)C2CC2C(=O)Nc2ccc(Cl)cc2C)cc1. The molecular formula is C19H19ClN2O3. The zero-order valence-corrected chi connectivity index (χ0v) is 14.8. The van der Waals surface area contributed by atoms with E-state index in [0.717, 1.165) is 17.0 Å². The van der Waals surface area contributed by atoms with Crippen LogP contribution in [0.15, 0.2) is 42.5 Å². The smallest absolute Gasteiger partial charge is 0.228 e. The van der Waals surface area contributed by atoms with E-state index < -0.39 is 0 Å².